The molecule has 0 aliphatic carbocycles. The second-order valence-electron chi connectivity index (χ2n) is 6.86. The molecule has 29 heavy (non-hydrogen) atoms. The molecule has 3 aromatic carbocycles. The Morgan fingerprint density at radius 2 is 1.76 bits per heavy atom. The lowest BCUT2D eigenvalue weighted by Gasteiger charge is -2.15. The van der Waals surface area contributed by atoms with Crippen LogP contribution < -0.4 is 14.8 Å². The highest BCUT2D eigenvalue weighted by molar-refractivity contribution is 6.31. The Morgan fingerprint density at radius 3 is 2.48 bits per heavy atom. The van der Waals surface area contributed by atoms with E-state index in [1.54, 1.807) is 12.1 Å². The molecule has 3 aromatic rings. The van der Waals surface area contributed by atoms with Gasteiger partial charge in [0.05, 0.1) is 11.6 Å². The fourth-order valence-corrected chi connectivity index (χ4v) is 3.14. The number of aryl methyl sites for hydroxylation is 2. The van der Waals surface area contributed by atoms with E-state index in [1.165, 1.54) is 17.2 Å². The van der Waals surface area contributed by atoms with Gasteiger partial charge in [0.2, 0.25) is 0 Å². The van der Waals surface area contributed by atoms with Crippen LogP contribution in [0.4, 0.5) is 10.1 Å². The lowest BCUT2D eigenvalue weighted by Crippen LogP contribution is -2.04. The second kappa shape index (κ2) is 9.66. The largest absolute Gasteiger partial charge is 0.490 e. The minimum atomic E-state index is -0.385. The van der Waals surface area contributed by atoms with Crippen LogP contribution in [0.3, 0.4) is 0 Å². The van der Waals surface area contributed by atoms with E-state index in [0.29, 0.717) is 35.2 Å². The van der Waals surface area contributed by atoms with Crippen LogP contribution in [0.1, 0.15) is 29.2 Å². The highest BCUT2D eigenvalue weighted by Gasteiger charge is 2.11. The highest BCUT2D eigenvalue weighted by atomic mass is 35.5. The molecule has 0 aliphatic heterocycles. The first kappa shape index (κ1) is 21.0. The molecule has 1 N–H and O–H groups in total. The average molecular weight is 414 g/mol. The summed E-state index contributed by atoms with van der Waals surface area (Å²) in [4.78, 5) is 0. The lowest BCUT2D eigenvalue weighted by molar-refractivity contribution is 0.265. The van der Waals surface area contributed by atoms with Crippen molar-refractivity contribution < 1.29 is 13.9 Å². The summed E-state index contributed by atoms with van der Waals surface area (Å²) in [5, 5.41) is 3.77. The van der Waals surface area contributed by atoms with Gasteiger partial charge in [-0.1, -0.05) is 29.8 Å². The Labute approximate surface area is 176 Å². The maximum atomic E-state index is 14.0. The lowest BCUT2D eigenvalue weighted by atomic mass is 10.1. The fraction of sp³-hybridized carbons (Fsp3) is 0.250. The van der Waals surface area contributed by atoms with Gasteiger partial charge in [0.1, 0.15) is 12.4 Å². The molecule has 152 valence electrons. The molecule has 5 heteroatoms. The molecular formula is C24H25ClFNO2. The van der Waals surface area contributed by atoms with Crippen molar-refractivity contribution >= 4 is 17.3 Å². The normalized spacial score (nSPS) is 10.7. The monoisotopic (exact) mass is 413 g/mol. The summed E-state index contributed by atoms with van der Waals surface area (Å²) < 4.78 is 25.5. The van der Waals surface area contributed by atoms with Crippen LogP contribution in [0.15, 0.2) is 54.6 Å². The second-order valence-corrected chi connectivity index (χ2v) is 7.26. The zero-order valence-corrected chi connectivity index (χ0v) is 17.6. The van der Waals surface area contributed by atoms with Crippen LogP contribution in [-0.2, 0) is 13.2 Å². The quantitative estimate of drug-likeness (QED) is 0.446. The summed E-state index contributed by atoms with van der Waals surface area (Å²) in [5.74, 6) is 0.796. The molecule has 0 saturated heterocycles. The molecule has 0 spiro atoms. The van der Waals surface area contributed by atoms with Gasteiger partial charge in [-0.05, 0) is 73.9 Å². The molecule has 3 nitrogen and oxygen atoms in total. The van der Waals surface area contributed by atoms with Crippen molar-refractivity contribution in [2.45, 2.75) is 33.9 Å². The predicted molar refractivity (Wildman–Crippen MR) is 117 cm³/mol. The van der Waals surface area contributed by atoms with Crippen molar-refractivity contribution in [3.63, 3.8) is 0 Å². The van der Waals surface area contributed by atoms with Gasteiger partial charge in [0.15, 0.2) is 11.5 Å². The van der Waals surface area contributed by atoms with E-state index in [9.17, 15) is 4.39 Å². The minimum absolute atomic E-state index is 0.0336. The number of anilines is 1. The maximum absolute atomic E-state index is 14.0. The van der Waals surface area contributed by atoms with Crippen LogP contribution in [0.2, 0.25) is 5.02 Å². The molecule has 0 fully saturated rings. The van der Waals surface area contributed by atoms with Gasteiger partial charge >= 0.3 is 0 Å². The topological polar surface area (TPSA) is 30.5 Å². The average Bonchev–Trinajstić information content (AvgIpc) is 2.70. The molecule has 0 aromatic heterocycles. The molecule has 0 aliphatic rings. The van der Waals surface area contributed by atoms with Gasteiger partial charge in [0, 0.05) is 17.8 Å². The Kier molecular flexibility index (Phi) is 6.99. The smallest absolute Gasteiger partial charge is 0.161 e. The Hall–Kier alpha value is -2.72. The third-order valence-corrected chi connectivity index (χ3v) is 5.10. The number of nitrogens with one attached hydrogen (secondary N) is 1. The first-order valence-electron chi connectivity index (χ1n) is 9.60. The third kappa shape index (κ3) is 5.42. The number of hydrogen-bond donors (Lipinski definition) is 1. The van der Waals surface area contributed by atoms with Crippen molar-refractivity contribution in [1.82, 2.24) is 0 Å². The molecule has 0 amide bonds. The maximum Gasteiger partial charge on any atom is 0.161 e. The Bertz CT molecular complexity index is 970. The number of rotatable bonds is 8. The van der Waals surface area contributed by atoms with E-state index in [0.717, 1.165) is 11.3 Å². The van der Waals surface area contributed by atoms with E-state index in [1.807, 2.05) is 25.1 Å². The van der Waals surface area contributed by atoms with Crippen molar-refractivity contribution in [1.29, 1.82) is 0 Å². The number of halogens is 2. The first-order chi connectivity index (χ1) is 14.0. The van der Waals surface area contributed by atoms with Crippen molar-refractivity contribution in [2.24, 2.45) is 0 Å². The van der Waals surface area contributed by atoms with Gasteiger partial charge in [-0.3, -0.25) is 0 Å². The Morgan fingerprint density at radius 1 is 0.931 bits per heavy atom. The van der Waals surface area contributed by atoms with Crippen LogP contribution in [-0.4, -0.2) is 6.61 Å². The standard InChI is InChI=1S/C24H25ClFNO2/c1-4-28-24-13-18(14-27-19-10-8-16(2)17(3)12-19)9-11-23(24)29-15-20-21(25)6-5-7-22(20)26/h5-13,27H,4,14-15H2,1-3H3. The van der Waals surface area contributed by atoms with E-state index < -0.39 is 0 Å². The molecule has 0 bridgehead atoms. The summed E-state index contributed by atoms with van der Waals surface area (Å²) in [6.07, 6.45) is 0. The number of benzene rings is 3. The van der Waals surface area contributed by atoms with E-state index in [-0.39, 0.29) is 12.4 Å². The summed E-state index contributed by atoms with van der Waals surface area (Å²) in [6.45, 7) is 7.30. The van der Waals surface area contributed by atoms with Gasteiger partial charge in [0.25, 0.3) is 0 Å². The third-order valence-electron chi connectivity index (χ3n) is 4.75. The van der Waals surface area contributed by atoms with E-state index >= 15 is 0 Å². The van der Waals surface area contributed by atoms with E-state index in [2.05, 4.69) is 37.4 Å². The van der Waals surface area contributed by atoms with Crippen LogP contribution >= 0.6 is 11.6 Å². The highest BCUT2D eigenvalue weighted by Crippen LogP contribution is 2.31. The fourth-order valence-electron chi connectivity index (χ4n) is 2.93. The summed E-state index contributed by atoms with van der Waals surface area (Å²) >= 11 is 6.08. The van der Waals surface area contributed by atoms with Crippen LogP contribution in [0.5, 0.6) is 11.5 Å². The van der Waals surface area contributed by atoms with E-state index in [4.69, 9.17) is 21.1 Å². The molecule has 0 unspecified atom stereocenters. The van der Waals surface area contributed by atoms with Gasteiger partial charge in [-0.15, -0.1) is 0 Å². The molecule has 0 radical (unpaired) electrons. The molecular weight excluding hydrogens is 389 g/mol. The minimum Gasteiger partial charge on any atom is -0.490 e. The molecule has 0 heterocycles. The van der Waals surface area contributed by atoms with Gasteiger partial charge < -0.3 is 14.8 Å². The van der Waals surface area contributed by atoms with Crippen molar-refractivity contribution in [3.8, 4) is 11.5 Å². The Balaban J connectivity index is 1.71. The number of ether oxygens (including phenoxy) is 2. The summed E-state index contributed by atoms with van der Waals surface area (Å²) in [6, 6.07) is 16.7. The summed E-state index contributed by atoms with van der Waals surface area (Å²) in [7, 11) is 0. The summed E-state index contributed by atoms with van der Waals surface area (Å²) in [5.41, 5.74) is 4.98. The molecule has 0 saturated carbocycles. The van der Waals surface area contributed by atoms with Crippen molar-refractivity contribution in [3.05, 3.63) is 87.7 Å². The zero-order chi connectivity index (χ0) is 20.8. The van der Waals surface area contributed by atoms with Gasteiger partial charge in [-0.25, -0.2) is 4.39 Å². The zero-order valence-electron chi connectivity index (χ0n) is 16.9. The van der Waals surface area contributed by atoms with Crippen LogP contribution in [0.25, 0.3) is 0 Å². The van der Waals surface area contributed by atoms with Gasteiger partial charge in [-0.2, -0.15) is 0 Å². The SMILES string of the molecule is CCOc1cc(CNc2ccc(C)c(C)c2)ccc1OCc1c(F)cccc1Cl. The number of hydrogen-bond acceptors (Lipinski definition) is 3. The molecule has 0 atom stereocenters. The van der Waals surface area contributed by atoms with Crippen LogP contribution in [0, 0.1) is 19.7 Å². The first-order valence-corrected chi connectivity index (χ1v) is 9.98. The molecule has 3 rings (SSSR count). The predicted octanol–water partition coefficient (Wildman–Crippen LogP) is 6.69. The van der Waals surface area contributed by atoms with Crippen molar-refractivity contribution in [2.75, 3.05) is 11.9 Å².